The summed E-state index contributed by atoms with van der Waals surface area (Å²) in [6, 6.07) is 11.8. The molecule has 2 aromatic rings. The molecule has 0 aliphatic carbocycles. The molecule has 6 heteroatoms. The molecule has 3 rings (SSSR count). The maximum Gasteiger partial charge on any atom is 0.286 e. The molecule has 0 unspecified atom stereocenters. The maximum atomic E-state index is 11.6. The molecule has 2 N–H and O–H groups in total. The molecule has 1 aromatic carbocycles. The van der Waals surface area contributed by atoms with Crippen LogP contribution in [0.2, 0.25) is 0 Å². The number of carbonyl (C=O) groups is 1. The average Bonchev–Trinajstić information content (AvgIpc) is 2.98. The summed E-state index contributed by atoms with van der Waals surface area (Å²) in [6.07, 6.45) is 3.75. The van der Waals surface area contributed by atoms with Gasteiger partial charge < -0.3 is 10.3 Å². The molecule has 1 amide bonds. The fraction of sp³-hybridized carbons (Fsp3) is 0. The van der Waals surface area contributed by atoms with E-state index in [1.807, 2.05) is 47.2 Å². The summed E-state index contributed by atoms with van der Waals surface area (Å²) in [5, 5.41) is 0.294. The zero-order valence-electron chi connectivity index (χ0n) is 10.3. The minimum absolute atomic E-state index is 0.281. The summed E-state index contributed by atoms with van der Waals surface area (Å²) in [5.74, 6) is -0.281. The van der Waals surface area contributed by atoms with E-state index in [9.17, 15) is 4.79 Å². The Morgan fingerprint density at radius 2 is 2.00 bits per heavy atom. The Bertz CT molecular complexity index is 731. The number of nitrogens with zero attached hydrogens (tertiary/aromatic N) is 2. The van der Waals surface area contributed by atoms with Gasteiger partial charge in [-0.15, -0.1) is 0 Å². The average molecular weight is 348 g/mol. The zero-order valence-corrected chi connectivity index (χ0v) is 12.7. The largest absolute Gasteiger partial charge is 0.378 e. The van der Waals surface area contributed by atoms with Crippen LogP contribution in [-0.2, 0) is 4.79 Å². The van der Waals surface area contributed by atoms with Crippen molar-refractivity contribution >= 4 is 44.8 Å². The zero-order chi connectivity index (χ0) is 14.1. The number of hydrogen-bond acceptors (Lipinski definition) is 3. The highest BCUT2D eigenvalue weighted by Crippen LogP contribution is 2.27. The fourth-order valence-electron chi connectivity index (χ4n) is 1.91. The van der Waals surface area contributed by atoms with Crippen molar-refractivity contribution in [1.82, 2.24) is 4.57 Å². The second-order valence-electron chi connectivity index (χ2n) is 4.15. The topological polar surface area (TPSA) is 60.4 Å². The Morgan fingerprint density at radius 3 is 2.65 bits per heavy atom. The van der Waals surface area contributed by atoms with Crippen LogP contribution < -0.4 is 5.73 Å². The molecule has 0 saturated heterocycles. The standard InChI is InChI=1S/C14H10BrN3OS/c15-9-3-5-10(6-4-9)18-7-1-2-11(18)8-12-13(19)17-14(16)20-12/h1-8H,(H2,16,17,19)/b12-8+. The summed E-state index contributed by atoms with van der Waals surface area (Å²) in [6.45, 7) is 0. The lowest BCUT2D eigenvalue weighted by Crippen LogP contribution is -2.01. The second kappa shape index (κ2) is 5.30. The minimum Gasteiger partial charge on any atom is -0.378 e. The van der Waals surface area contributed by atoms with E-state index in [2.05, 4.69) is 20.9 Å². The van der Waals surface area contributed by atoms with Gasteiger partial charge in [-0.05, 0) is 54.2 Å². The van der Waals surface area contributed by atoms with E-state index in [4.69, 9.17) is 5.73 Å². The molecule has 4 nitrogen and oxygen atoms in total. The van der Waals surface area contributed by atoms with Crippen molar-refractivity contribution < 1.29 is 4.79 Å². The van der Waals surface area contributed by atoms with Crippen molar-refractivity contribution in [2.24, 2.45) is 10.7 Å². The summed E-state index contributed by atoms with van der Waals surface area (Å²) >= 11 is 4.61. The van der Waals surface area contributed by atoms with Gasteiger partial charge in [-0.3, -0.25) is 4.79 Å². The lowest BCUT2D eigenvalue weighted by molar-refractivity contribution is -0.113. The number of aromatic nitrogens is 1. The van der Waals surface area contributed by atoms with Crippen LogP contribution in [0.1, 0.15) is 5.69 Å². The van der Waals surface area contributed by atoms with Gasteiger partial charge in [0.2, 0.25) is 0 Å². The van der Waals surface area contributed by atoms with Crippen LogP contribution in [0.25, 0.3) is 11.8 Å². The molecule has 0 spiro atoms. The lowest BCUT2D eigenvalue weighted by Gasteiger charge is -2.07. The van der Waals surface area contributed by atoms with Crippen molar-refractivity contribution in [1.29, 1.82) is 0 Å². The summed E-state index contributed by atoms with van der Waals surface area (Å²) in [4.78, 5) is 15.9. The van der Waals surface area contributed by atoms with Crippen LogP contribution in [0.5, 0.6) is 0 Å². The minimum atomic E-state index is -0.281. The van der Waals surface area contributed by atoms with Crippen molar-refractivity contribution in [3.8, 4) is 5.69 Å². The molecule has 0 atom stereocenters. The molecule has 1 aromatic heterocycles. The van der Waals surface area contributed by atoms with E-state index in [0.717, 1.165) is 15.9 Å². The van der Waals surface area contributed by atoms with Gasteiger partial charge in [0, 0.05) is 22.1 Å². The Morgan fingerprint density at radius 1 is 1.25 bits per heavy atom. The Balaban J connectivity index is 1.97. The smallest absolute Gasteiger partial charge is 0.286 e. The van der Waals surface area contributed by atoms with Crippen molar-refractivity contribution in [2.45, 2.75) is 0 Å². The van der Waals surface area contributed by atoms with Crippen molar-refractivity contribution in [2.75, 3.05) is 0 Å². The molecule has 0 saturated carbocycles. The number of amidine groups is 1. The summed E-state index contributed by atoms with van der Waals surface area (Å²) in [5.41, 5.74) is 7.48. The number of amides is 1. The molecule has 1 aliphatic heterocycles. The normalized spacial score (nSPS) is 16.8. The molecule has 2 heterocycles. The third-order valence-electron chi connectivity index (χ3n) is 2.80. The highest BCUT2D eigenvalue weighted by molar-refractivity contribution is 9.10. The van der Waals surface area contributed by atoms with Crippen LogP contribution in [0.3, 0.4) is 0 Å². The first kappa shape index (κ1) is 13.2. The fourth-order valence-corrected chi connectivity index (χ4v) is 2.84. The Kier molecular flexibility index (Phi) is 3.50. The number of hydrogen-bond donors (Lipinski definition) is 1. The summed E-state index contributed by atoms with van der Waals surface area (Å²) < 4.78 is 3.03. The Hall–Kier alpha value is -1.79. The van der Waals surface area contributed by atoms with Crippen LogP contribution in [0, 0.1) is 0 Å². The van der Waals surface area contributed by atoms with Gasteiger partial charge in [0.25, 0.3) is 5.91 Å². The van der Waals surface area contributed by atoms with E-state index in [1.165, 1.54) is 11.8 Å². The van der Waals surface area contributed by atoms with E-state index < -0.39 is 0 Å². The van der Waals surface area contributed by atoms with E-state index >= 15 is 0 Å². The van der Waals surface area contributed by atoms with Crippen molar-refractivity contribution in [3.63, 3.8) is 0 Å². The van der Waals surface area contributed by atoms with Gasteiger partial charge >= 0.3 is 0 Å². The molecule has 1 aliphatic rings. The highest BCUT2D eigenvalue weighted by Gasteiger charge is 2.19. The first-order chi connectivity index (χ1) is 9.63. The number of halogens is 1. The van der Waals surface area contributed by atoms with Gasteiger partial charge in [-0.1, -0.05) is 15.9 Å². The van der Waals surface area contributed by atoms with Gasteiger partial charge in [0.1, 0.15) is 0 Å². The van der Waals surface area contributed by atoms with Crippen molar-refractivity contribution in [3.05, 3.63) is 57.7 Å². The molecule has 100 valence electrons. The first-order valence-electron chi connectivity index (χ1n) is 5.85. The quantitative estimate of drug-likeness (QED) is 0.848. The summed E-state index contributed by atoms with van der Waals surface area (Å²) in [7, 11) is 0. The predicted molar refractivity (Wildman–Crippen MR) is 85.7 cm³/mol. The van der Waals surface area contributed by atoms with E-state index in [-0.39, 0.29) is 5.91 Å². The number of rotatable bonds is 2. The number of nitrogens with two attached hydrogens (primary N) is 1. The van der Waals surface area contributed by atoms with Crippen LogP contribution >= 0.6 is 27.7 Å². The molecular weight excluding hydrogens is 338 g/mol. The van der Waals surface area contributed by atoms with Crippen LogP contribution in [0.4, 0.5) is 0 Å². The third-order valence-corrected chi connectivity index (χ3v) is 4.14. The SMILES string of the molecule is NC1=NC(=O)/C(=C\c2cccn2-c2ccc(Br)cc2)S1. The first-order valence-corrected chi connectivity index (χ1v) is 7.46. The van der Waals surface area contributed by atoms with Gasteiger partial charge in [0.05, 0.1) is 4.91 Å². The molecule has 0 fully saturated rings. The van der Waals surface area contributed by atoms with E-state index in [1.54, 1.807) is 6.08 Å². The Labute approximate surface area is 128 Å². The second-order valence-corrected chi connectivity index (χ2v) is 6.12. The maximum absolute atomic E-state index is 11.6. The number of thioether (sulfide) groups is 1. The van der Waals surface area contributed by atoms with Gasteiger partial charge in [-0.2, -0.15) is 4.99 Å². The lowest BCUT2D eigenvalue weighted by atomic mass is 10.3. The monoisotopic (exact) mass is 347 g/mol. The molecule has 0 bridgehead atoms. The highest BCUT2D eigenvalue weighted by atomic mass is 79.9. The third kappa shape index (κ3) is 2.57. The number of aliphatic imine (C=N–C) groups is 1. The van der Waals surface area contributed by atoms with Crippen LogP contribution in [-0.4, -0.2) is 15.6 Å². The van der Waals surface area contributed by atoms with Gasteiger partial charge in [-0.25, -0.2) is 0 Å². The van der Waals surface area contributed by atoms with Gasteiger partial charge in [0.15, 0.2) is 5.17 Å². The number of carbonyl (C=O) groups excluding carboxylic acids is 1. The van der Waals surface area contributed by atoms with Crippen LogP contribution in [0.15, 0.2) is 57.0 Å². The number of benzene rings is 1. The molecule has 20 heavy (non-hydrogen) atoms. The molecular formula is C14H10BrN3OS. The molecule has 0 radical (unpaired) electrons. The predicted octanol–water partition coefficient (Wildman–Crippen LogP) is 3.17. The van der Waals surface area contributed by atoms with E-state index in [0.29, 0.717) is 10.1 Å².